The van der Waals surface area contributed by atoms with Crippen LogP contribution in [0.15, 0.2) is 6.07 Å². The van der Waals surface area contributed by atoms with Crippen molar-refractivity contribution in [3.8, 4) is 11.5 Å². The zero-order chi connectivity index (χ0) is 15.4. The van der Waals surface area contributed by atoms with E-state index in [2.05, 4.69) is 4.74 Å². The number of carbonyl (C=O) groups is 1. The van der Waals surface area contributed by atoms with Gasteiger partial charge in [0.1, 0.15) is 5.82 Å². The number of aromatic hydroxyl groups is 1. The van der Waals surface area contributed by atoms with Crippen LogP contribution in [0.25, 0.3) is 0 Å². The second-order valence-electron chi connectivity index (χ2n) is 5.74. The minimum absolute atomic E-state index is 0.101. The lowest BCUT2D eigenvalue weighted by Crippen LogP contribution is -2.10. The number of rotatable bonds is 5. The molecule has 1 aromatic carbocycles. The summed E-state index contributed by atoms with van der Waals surface area (Å²) in [7, 11) is 0. The number of hydrogen-bond acceptors (Lipinski definition) is 3. The Balaban J connectivity index is 3.35. The van der Waals surface area contributed by atoms with Gasteiger partial charge in [-0.25, -0.2) is 9.18 Å². The van der Waals surface area contributed by atoms with Crippen molar-refractivity contribution < 1.29 is 24.1 Å². The standard InChI is InChI=1S/C15H21FO4/c1-8(2)5-10-7-12(16)11(6-9(3)4)13(17)14(10)20-15(18)19/h7-9,17H,5-6H2,1-4H3,(H,18,19). The van der Waals surface area contributed by atoms with E-state index in [1.807, 2.05) is 27.7 Å². The Morgan fingerprint density at radius 1 is 1.25 bits per heavy atom. The van der Waals surface area contributed by atoms with Crippen molar-refractivity contribution in [2.75, 3.05) is 0 Å². The molecule has 20 heavy (non-hydrogen) atoms. The fourth-order valence-corrected chi connectivity index (χ4v) is 2.10. The summed E-state index contributed by atoms with van der Waals surface area (Å²) in [6.07, 6.45) is -0.780. The molecule has 0 atom stereocenters. The molecule has 4 nitrogen and oxygen atoms in total. The third-order valence-corrected chi connectivity index (χ3v) is 2.81. The number of phenolic OH excluding ortho intramolecular Hbond substituents is 1. The Morgan fingerprint density at radius 2 is 1.80 bits per heavy atom. The van der Waals surface area contributed by atoms with Crippen LogP contribution < -0.4 is 4.74 Å². The lowest BCUT2D eigenvalue weighted by atomic mass is 9.95. The second kappa shape index (κ2) is 6.59. The number of phenols is 1. The molecule has 1 rings (SSSR count). The smallest absolute Gasteiger partial charge is 0.504 e. The minimum atomic E-state index is -1.52. The zero-order valence-corrected chi connectivity index (χ0v) is 12.2. The molecule has 0 radical (unpaired) electrons. The molecule has 0 fully saturated rings. The maximum Gasteiger partial charge on any atom is 0.511 e. The van der Waals surface area contributed by atoms with Gasteiger partial charge in [-0.2, -0.15) is 0 Å². The van der Waals surface area contributed by atoms with E-state index in [-0.39, 0.29) is 23.1 Å². The molecule has 1 aromatic rings. The first-order valence-electron chi connectivity index (χ1n) is 6.66. The SMILES string of the molecule is CC(C)Cc1cc(F)c(CC(C)C)c(O)c1OC(=O)O. The van der Waals surface area contributed by atoms with Gasteiger partial charge >= 0.3 is 6.16 Å². The highest BCUT2D eigenvalue weighted by Crippen LogP contribution is 2.38. The number of hydrogen-bond donors (Lipinski definition) is 2. The number of halogens is 1. The van der Waals surface area contributed by atoms with Crippen molar-refractivity contribution in [2.24, 2.45) is 11.8 Å². The molecule has 0 saturated heterocycles. The van der Waals surface area contributed by atoms with Crippen LogP contribution >= 0.6 is 0 Å². The van der Waals surface area contributed by atoms with E-state index in [1.54, 1.807) is 0 Å². The average Bonchev–Trinajstić information content (AvgIpc) is 2.28. The van der Waals surface area contributed by atoms with Gasteiger partial charge in [0, 0.05) is 11.1 Å². The van der Waals surface area contributed by atoms with Crippen LogP contribution in [0.5, 0.6) is 11.5 Å². The summed E-state index contributed by atoms with van der Waals surface area (Å²) in [4.78, 5) is 10.8. The van der Waals surface area contributed by atoms with Crippen LogP contribution in [0.2, 0.25) is 0 Å². The summed E-state index contributed by atoms with van der Waals surface area (Å²) in [5, 5.41) is 18.9. The minimum Gasteiger partial charge on any atom is -0.504 e. The molecule has 112 valence electrons. The van der Waals surface area contributed by atoms with E-state index in [1.165, 1.54) is 6.07 Å². The monoisotopic (exact) mass is 284 g/mol. The molecule has 0 unspecified atom stereocenters. The average molecular weight is 284 g/mol. The maximum absolute atomic E-state index is 14.1. The third-order valence-electron chi connectivity index (χ3n) is 2.81. The summed E-state index contributed by atoms with van der Waals surface area (Å²) in [5.74, 6) is -0.769. The summed E-state index contributed by atoms with van der Waals surface area (Å²) in [6.45, 7) is 7.61. The largest absolute Gasteiger partial charge is 0.511 e. The van der Waals surface area contributed by atoms with Crippen LogP contribution in [0.4, 0.5) is 9.18 Å². The normalized spacial score (nSPS) is 11.2. The molecule has 0 heterocycles. The molecular weight excluding hydrogens is 263 g/mol. The van der Waals surface area contributed by atoms with Gasteiger partial charge in [-0.05, 0) is 30.7 Å². The highest BCUT2D eigenvalue weighted by Gasteiger charge is 2.22. The van der Waals surface area contributed by atoms with Crippen molar-refractivity contribution in [2.45, 2.75) is 40.5 Å². The number of carboxylic acid groups (broad SMARTS) is 1. The van der Waals surface area contributed by atoms with Crippen molar-refractivity contribution in [1.29, 1.82) is 0 Å². The van der Waals surface area contributed by atoms with E-state index < -0.39 is 17.7 Å². The molecule has 0 aliphatic carbocycles. The molecule has 0 aliphatic rings. The highest BCUT2D eigenvalue weighted by atomic mass is 19.1. The molecule has 5 heteroatoms. The van der Waals surface area contributed by atoms with Crippen LogP contribution in [0.3, 0.4) is 0 Å². The topological polar surface area (TPSA) is 66.8 Å². The first kappa shape index (κ1) is 16.3. The second-order valence-corrected chi connectivity index (χ2v) is 5.74. The maximum atomic E-state index is 14.1. The molecule has 0 aliphatic heterocycles. The van der Waals surface area contributed by atoms with E-state index >= 15 is 0 Å². The lowest BCUT2D eigenvalue weighted by Gasteiger charge is -2.16. The number of benzene rings is 1. The molecule has 0 spiro atoms. The van der Waals surface area contributed by atoms with E-state index in [0.29, 0.717) is 18.4 Å². The Labute approximate surface area is 118 Å². The Kier molecular flexibility index (Phi) is 5.36. The van der Waals surface area contributed by atoms with Crippen LogP contribution in [-0.2, 0) is 12.8 Å². The van der Waals surface area contributed by atoms with Gasteiger partial charge in [-0.1, -0.05) is 27.7 Å². The highest BCUT2D eigenvalue weighted by molar-refractivity contribution is 5.65. The van der Waals surface area contributed by atoms with E-state index in [9.17, 15) is 14.3 Å². The predicted molar refractivity (Wildman–Crippen MR) is 73.8 cm³/mol. The van der Waals surface area contributed by atoms with Gasteiger partial charge in [-0.3, -0.25) is 0 Å². The molecule has 0 bridgehead atoms. The lowest BCUT2D eigenvalue weighted by molar-refractivity contribution is 0.142. The fraction of sp³-hybridized carbons (Fsp3) is 0.533. The van der Waals surface area contributed by atoms with Crippen molar-refractivity contribution >= 4 is 6.16 Å². The third kappa shape index (κ3) is 4.11. The Morgan fingerprint density at radius 3 is 2.25 bits per heavy atom. The fourth-order valence-electron chi connectivity index (χ4n) is 2.10. The van der Waals surface area contributed by atoms with Crippen molar-refractivity contribution in [3.05, 3.63) is 23.0 Å². The molecule has 2 N–H and O–H groups in total. The first-order valence-corrected chi connectivity index (χ1v) is 6.66. The zero-order valence-electron chi connectivity index (χ0n) is 12.2. The van der Waals surface area contributed by atoms with Gasteiger partial charge in [0.05, 0.1) is 0 Å². The molecule has 0 amide bonds. The summed E-state index contributed by atoms with van der Waals surface area (Å²) >= 11 is 0. The Bertz CT molecular complexity index is 495. The van der Waals surface area contributed by atoms with Gasteiger partial charge < -0.3 is 14.9 Å². The van der Waals surface area contributed by atoms with Crippen molar-refractivity contribution in [3.63, 3.8) is 0 Å². The van der Waals surface area contributed by atoms with Gasteiger partial charge in [0.25, 0.3) is 0 Å². The molecule has 0 saturated carbocycles. The van der Waals surface area contributed by atoms with E-state index in [0.717, 1.165) is 0 Å². The Hall–Kier alpha value is -1.78. The van der Waals surface area contributed by atoms with Crippen LogP contribution in [-0.4, -0.2) is 16.4 Å². The van der Waals surface area contributed by atoms with E-state index in [4.69, 9.17) is 5.11 Å². The summed E-state index contributed by atoms with van der Waals surface area (Å²) in [6, 6.07) is 1.26. The predicted octanol–water partition coefficient (Wildman–Crippen LogP) is 3.99. The van der Waals surface area contributed by atoms with Crippen molar-refractivity contribution in [1.82, 2.24) is 0 Å². The summed E-state index contributed by atoms with van der Waals surface area (Å²) < 4.78 is 18.7. The van der Waals surface area contributed by atoms with Gasteiger partial charge in [-0.15, -0.1) is 0 Å². The van der Waals surface area contributed by atoms with Gasteiger partial charge in [0.2, 0.25) is 0 Å². The first-order chi connectivity index (χ1) is 9.22. The van der Waals surface area contributed by atoms with Gasteiger partial charge in [0.15, 0.2) is 11.5 Å². The molecular formula is C15H21FO4. The number of ether oxygens (including phenoxy) is 1. The quantitative estimate of drug-likeness (QED) is 0.634. The molecule has 0 aromatic heterocycles. The summed E-state index contributed by atoms with van der Waals surface area (Å²) in [5.41, 5.74) is 0.466. The van der Waals surface area contributed by atoms with Crippen LogP contribution in [0, 0.1) is 17.7 Å². The van der Waals surface area contributed by atoms with Crippen LogP contribution in [0.1, 0.15) is 38.8 Å².